The van der Waals surface area contributed by atoms with Gasteiger partial charge in [-0.05, 0) is 43.9 Å². The summed E-state index contributed by atoms with van der Waals surface area (Å²) >= 11 is 0. The number of hydrogen-bond donors (Lipinski definition) is 3. The Balaban J connectivity index is 1.74. The third-order valence-corrected chi connectivity index (χ3v) is 4.39. The smallest absolute Gasteiger partial charge is 0.306 e. The lowest BCUT2D eigenvalue weighted by molar-refractivity contribution is -0.143. The lowest BCUT2D eigenvalue weighted by atomic mass is 9.85. The van der Waals surface area contributed by atoms with Crippen molar-refractivity contribution in [1.82, 2.24) is 5.32 Å². The summed E-state index contributed by atoms with van der Waals surface area (Å²) in [5.74, 6) is -0.803. The van der Waals surface area contributed by atoms with Crippen molar-refractivity contribution in [2.24, 2.45) is 11.3 Å². The van der Waals surface area contributed by atoms with Gasteiger partial charge in [-0.3, -0.25) is 4.79 Å². The zero-order chi connectivity index (χ0) is 12.3. The molecule has 0 aliphatic heterocycles. The molecule has 2 atom stereocenters. The maximum Gasteiger partial charge on any atom is 0.306 e. The van der Waals surface area contributed by atoms with E-state index in [-0.39, 0.29) is 12.5 Å². The van der Waals surface area contributed by atoms with Crippen LogP contribution in [-0.2, 0) is 4.79 Å². The fourth-order valence-corrected chi connectivity index (χ4v) is 2.89. The summed E-state index contributed by atoms with van der Waals surface area (Å²) in [5, 5.41) is 21.5. The summed E-state index contributed by atoms with van der Waals surface area (Å²) in [5.41, 5.74) is 0.324. The minimum Gasteiger partial charge on any atom is -0.481 e. The van der Waals surface area contributed by atoms with Crippen molar-refractivity contribution in [2.75, 3.05) is 13.2 Å². The van der Waals surface area contributed by atoms with Crippen molar-refractivity contribution in [3.8, 4) is 0 Å². The first-order valence-electron chi connectivity index (χ1n) is 6.72. The molecular formula is C13H23NO3. The van der Waals surface area contributed by atoms with E-state index in [4.69, 9.17) is 10.2 Å². The molecule has 0 aromatic rings. The van der Waals surface area contributed by atoms with Gasteiger partial charge in [0.2, 0.25) is 0 Å². The van der Waals surface area contributed by atoms with Crippen LogP contribution in [0.4, 0.5) is 0 Å². The van der Waals surface area contributed by atoms with Crippen LogP contribution in [0.2, 0.25) is 0 Å². The Labute approximate surface area is 102 Å². The first-order valence-corrected chi connectivity index (χ1v) is 6.72. The van der Waals surface area contributed by atoms with Crippen molar-refractivity contribution in [3.05, 3.63) is 0 Å². The predicted octanol–water partition coefficient (Wildman–Crippen LogP) is 1.38. The molecule has 0 spiro atoms. The van der Waals surface area contributed by atoms with E-state index in [0.29, 0.717) is 11.5 Å². The number of rotatable bonds is 6. The molecule has 0 amide bonds. The highest BCUT2D eigenvalue weighted by atomic mass is 16.4. The Morgan fingerprint density at radius 1 is 1.35 bits per heavy atom. The van der Waals surface area contributed by atoms with Crippen LogP contribution in [0.3, 0.4) is 0 Å². The summed E-state index contributed by atoms with van der Waals surface area (Å²) < 4.78 is 0. The Morgan fingerprint density at radius 2 is 2.12 bits per heavy atom. The summed E-state index contributed by atoms with van der Waals surface area (Å²) in [6.07, 6.45) is 7.00. The van der Waals surface area contributed by atoms with E-state index in [9.17, 15) is 4.79 Å². The third kappa shape index (κ3) is 3.42. The van der Waals surface area contributed by atoms with Crippen LogP contribution in [0.1, 0.15) is 44.9 Å². The van der Waals surface area contributed by atoms with Crippen molar-refractivity contribution in [2.45, 2.75) is 51.0 Å². The first-order chi connectivity index (χ1) is 8.15. The first kappa shape index (κ1) is 12.8. The molecule has 2 rings (SSSR count). The van der Waals surface area contributed by atoms with Gasteiger partial charge < -0.3 is 15.5 Å². The van der Waals surface area contributed by atoms with E-state index in [1.807, 2.05) is 0 Å². The van der Waals surface area contributed by atoms with Crippen molar-refractivity contribution in [3.63, 3.8) is 0 Å². The van der Waals surface area contributed by atoms with E-state index in [0.717, 1.165) is 38.6 Å². The highest BCUT2D eigenvalue weighted by molar-refractivity contribution is 5.70. The molecule has 2 saturated carbocycles. The maximum atomic E-state index is 11.0. The Morgan fingerprint density at radius 3 is 2.71 bits per heavy atom. The van der Waals surface area contributed by atoms with Crippen molar-refractivity contribution in [1.29, 1.82) is 0 Å². The van der Waals surface area contributed by atoms with Crippen LogP contribution in [0.25, 0.3) is 0 Å². The molecule has 2 unspecified atom stereocenters. The van der Waals surface area contributed by atoms with Gasteiger partial charge in [0.25, 0.3) is 0 Å². The van der Waals surface area contributed by atoms with Crippen molar-refractivity contribution >= 4 is 5.97 Å². The lowest BCUT2D eigenvalue weighted by Gasteiger charge is -2.29. The van der Waals surface area contributed by atoms with Gasteiger partial charge in [0.05, 0.1) is 5.92 Å². The molecule has 98 valence electrons. The zero-order valence-corrected chi connectivity index (χ0v) is 10.3. The highest BCUT2D eigenvalue weighted by Crippen LogP contribution is 2.48. The summed E-state index contributed by atoms with van der Waals surface area (Å²) in [6, 6.07) is 0.362. The largest absolute Gasteiger partial charge is 0.481 e. The fourth-order valence-electron chi connectivity index (χ4n) is 2.89. The zero-order valence-electron chi connectivity index (χ0n) is 10.3. The molecule has 2 aliphatic rings. The summed E-state index contributed by atoms with van der Waals surface area (Å²) in [6.45, 7) is 1.22. The number of aliphatic hydroxyl groups excluding tert-OH is 1. The number of carboxylic acid groups (broad SMARTS) is 1. The Hall–Kier alpha value is -0.610. The molecule has 0 aromatic carbocycles. The normalized spacial score (nSPS) is 31.1. The van der Waals surface area contributed by atoms with Crippen LogP contribution in [0.5, 0.6) is 0 Å². The number of hydrogen-bond acceptors (Lipinski definition) is 3. The topological polar surface area (TPSA) is 69.6 Å². The minimum absolute atomic E-state index is 0.158. The van der Waals surface area contributed by atoms with Crippen LogP contribution in [0, 0.1) is 11.3 Å². The minimum atomic E-state index is -0.645. The van der Waals surface area contributed by atoms with E-state index in [1.165, 1.54) is 12.8 Å². The van der Waals surface area contributed by atoms with E-state index < -0.39 is 5.97 Å². The van der Waals surface area contributed by atoms with Gasteiger partial charge in [0.15, 0.2) is 0 Å². The van der Waals surface area contributed by atoms with E-state index in [1.54, 1.807) is 0 Å². The molecule has 4 nitrogen and oxygen atoms in total. The number of nitrogens with one attached hydrogen (secondary N) is 1. The number of carbonyl (C=O) groups is 1. The van der Waals surface area contributed by atoms with Gasteiger partial charge in [0.1, 0.15) is 0 Å². The lowest BCUT2D eigenvalue weighted by Crippen LogP contribution is -2.39. The molecule has 0 aromatic heterocycles. The molecule has 0 saturated heterocycles. The molecule has 3 N–H and O–H groups in total. The number of aliphatic carboxylic acids is 1. The van der Waals surface area contributed by atoms with Gasteiger partial charge in [0, 0.05) is 19.2 Å². The SMILES string of the molecule is O=C(O)C1CCCC(NCC2(CCO)CC2)C1. The highest BCUT2D eigenvalue weighted by Gasteiger charge is 2.42. The van der Waals surface area contributed by atoms with E-state index >= 15 is 0 Å². The molecule has 17 heavy (non-hydrogen) atoms. The molecule has 0 bridgehead atoms. The Kier molecular flexibility index (Phi) is 4.05. The molecular weight excluding hydrogens is 218 g/mol. The number of aliphatic hydroxyl groups is 1. The van der Waals surface area contributed by atoms with Gasteiger partial charge >= 0.3 is 5.97 Å². The van der Waals surface area contributed by atoms with Gasteiger partial charge in [-0.15, -0.1) is 0 Å². The predicted molar refractivity (Wildman–Crippen MR) is 64.8 cm³/mol. The third-order valence-electron chi connectivity index (χ3n) is 4.39. The molecule has 2 aliphatic carbocycles. The quantitative estimate of drug-likeness (QED) is 0.657. The van der Waals surface area contributed by atoms with Crippen LogP contribution < -0.4 is 5.32 Å². The second-order valence-electron chi connectivity index (χ2n) is 5.75. The second kappa shape index (κ2) is 5.36. The molecule has 2 fully saturated rings. The standard InChI is InChI=1S/C13H23NO3/c15-7-6-13(4-5-13)9-14-11-3-1-2-10(8-11)12(16)17/h10-11,14-15H,1-9H2,(H,16,17). The van der Waals surface area contributed by atoms with Crippen molar-refractivity contribution < 1.29 is 15.0 Å². The molecule has 0 radical (unpaired) electrons. The van der Waals surface area contributed by atoms with Gasteiger partial charge in [-0.1, -0.05) is 6.42 Å². The average molecular weight is 241 g/mol. The van der Waals surface area contributed by atoms with E-state index in [2.05, 4.69) is 5.32 Å². The molecule has 0 heterocycles. The monoisotopic (exact) mass is 241 g/mol. The van der Waals surface area contributed by atoms with Gasteiger partial charge in [-0.25, -0.2) is 0 Å². The maximum absolute atomic E-state index is 11.0. The fraction of sp³-hybridized carbons (Fsp3) is 0.923. The summed E-state index contributed by atoms with van der Waals surface area (Å²) in [7, 11) is 0. The second-order valence-corrected chi connectivity index (χ2v) is 5.75. The molecule has 4 heteroatoms. The van der Waals surface area contributed by atoms with Crippen LogP contribution in [0.15, 0.2) is 0 Å². The van der Waals surface area contributed by atoms with Crippen LogP contribution in [-0.4, -0.2) is 35.4 Å². The van der Waals surface area contributed by atoms with Crippen LogP contribution >= 0.6 is 0 Å². The Bertz CT molecular complexity index is 276. The average Bonchev–Trinajstić information content (AvgIpc) is 3.08. The van der Waals surface area contributed by atoms with Gasteiger partial charge in [-0.2, -0.15) is 0 Å². The summed E-state index contributed by atoms with van der Waals surface area (Å²) in [4.78, 5) is 11.0. The number of carboxylic acids is 1.